The fourth-order valence-corrected chi connectivity index (χ4v) is 4.15. The Balaban J connectivity index is 1.28. The minimum atomic E-state index is -3.10. The first-order valence-corrected chi connectivity index (χ1v) is 10.7. The lowest BCUT2D eigenvalue weighted by molar-refractivity contribution is -0.126. The maximum absolute atomic E-state index is 13.1. The number of amides is 2. The molecule has 0 aromatic heterocycles. The highest BCUT2D eigenvalue weighted by molar-refractivity contribution is 6.02. The molecule has 3 aliphatic heterocycles. The lowest BCUT2D eigenvalue weighted by Crippen LogP contribution is -2.49. The van der Waals surface area contributed by atoms with Gasteiger partial charge in [-0.15, -0.1) is 0 Å². The maximum atomic E-state index is 13.1. The van der Waals surface area contributed by atoms with Crippen LogP contribution in [0, 0.1) is 0 Å². The van der Waals surface area contributed by atoms with E-state index in [0.717, 1.165) is 5.56 Å². The number of piperidine rings is 1. The summed E-state index contributed by atoms with van der Waals surface area (Å²) in [5, 5.41) is 2.72. The van der Waals surface area contributed by atoms with Crippen LogP contribution in [0.4, 0.5) is 0 Å². The van der Waals surface area contributed by atoms with E-state index in [0.29, 0.717) is 45.9 Å². The summed E-state index contributed by atoms with van der Waals surface area (Å²) in [7, 11) is 0. The van der Waals surface area contributed by atoms with Gasteiger partial charge in [0.1, 0.15) is 18.4 Å². The zero-order chi connectivity index (χ0) is 30.0. The number of carbonyl (C=O) groups excluding carboxylic acids is 2. The Morgan fingerprint density at radius 3 is 2.64 bits per heavy atom. The van der Waals surface area contributed by atoms with Gasteiger partial charge in [-0.25, -0.2) is 0 Å². The summed E-state index contributed by atoms with van der Waals surface area (Å²) in [6, 6.07) is 11.1. The van der Waals surface area contributed by atoms with Gasteiger partial charge in [0.05, 0.1) is 25.1 Å². The number of hydrogen-bond acceptors (Lipinski definition) is 5. The van der Waals surface area contributed by atoms with E-state index >= 15 is 0 Å². The van der Waals surface area contributed by atoms with Crippen molar-refractivity contribution in [1.82, 2.24) is 15.1 Å². The zero-order valence-corrected chi connectivity index (χ0v) is 17.9. The van der Waals surface area contributed by atoms with Crippen LogP contribution >= 0.6 is 0 Å². The average Bonchev–Trinajstić information content (AvgIpc) is 3.21. The topological polar surface area (TPSA) is 71.1 Å². The monoisotopic (exact) mass is 455 g/mol. The van der Waals surface area contributed by atoms with Crippen LogP contribution in [0.5, 0.6) is 5.75 Å². The molecule has 2 aromatic carbocycles. The van der Waals surface area contributed by atoms with Gasteiger partial charge in [0.2, 0.25) is 5.91 Å². The lowest BCUT2D eigenvalue weighted by Gasteiger charge is -2.31. The first-order chi connectivity index (χ1) is 19.0. The standard InChI is InChI=1S/C26H29N3O4/c1-18-5-10-23(25(30)27-18)29-16-22-21(26(29)31)3-2-4-24(22)33-17-20-8-6-19(7-9-20)15-28-11-13-32-14-12-28/h2-4,6-9,23H,1,5,10-17H2,(H,27,30)/i11D2,12D2,13D2,14D2. The SMILES string of the molecule is [2H]C1([2H])OC([2H])([2H])C([2H])([2H])N(Cc2ccc(COc3cccc4c3CN(C3CCC(=C)NC3=O)C4=O)cc2)C1([2H])[2H]. The van der Waals surface area contributed by atoms with Gasteiger partial charge in [-0.05, 0) is 36.1 Å². The summed E-state index contributed by atoms with van der Waals surface area (Å²) >= 11 is 0. The summed E-state index contributed by atoms with van der Waals surface area (Å²) in [6.07, 6.45) is 1.09. The number of carbonyl (C=O) groups is 2. The fourth-order valence-electron chi connectivity index (χ4n) is 4.15. The van der Waals surface area contributed by atoms with Gasteiger partial charge >= 0.3 is 0 Å². The summed E-state index contributed by atoms with van der Waals surface area (Å²) in [6.45, 7) is -8.40. The Kier molecular flexibility index (Phi) is 4.03. The molecule has 0 aliphatic carbocycles. The van der Waals surface area contributed by atoms with E-state index in [1.807, 2.05) is 0 Å². The number of nitrogens with zero attached hydrogens (tertiary/aromatic N) is 2. The molecule has 1 N–H and O–H groups in total. The minimum Gasteiger partial charge on any atom is -0.489 e. The fraction of sp³-hybridized carbons (Fsp3) is 0.385. The van der Waals surface area contributed by atoms with Crippen molar-refractivity contribution in [3.05, 3.63) is 77.0 Å². The number of morpholine rings is 1. The molecule has 3 aliphatic rings. The first-order valence-electron chi connectivity index (χ1n) is 14.7. The number of ether oxygens (including phenoxy) is 2. The predicted molar refractivity (Wildman–Crippen MR) is 123 cm³/mol. The van der Waals surface area contributed by atoms with Crippen molar-refractivity contribution in [3.63, 3.8) is 0 Å². The summed E-state index contributed by atoms with van der Waals surface area (Å²) < 4.78 is 74.6. The van der Waals surface area contributed by atoms with Crippen molar-refractivity contribution < 1.29 is 30.0 Å². The normalized spacial score (nSPS) is 30.8. The zero-order valence-electron chi connectivity index (χ0n) is 25.9. The summed E-state index contributed by atoms with van der Waals surface area (Å²) in [5.74, 6) is 0.0109. The molecule has 3 heterocycles. The second-order valence-corrected chi connectivity index (χ2v) is 8.08. The quantitative estimate of drug-likeness (QED) is 0.725. The molecule has 0 spiro atoms. The van der Waals surface area contributed by atoms with Crippen molar-refractivity contribution in [1.29, 1.82) is 0 Å². The molecule has 0 saturated carbocycles. The number of benzene rings is 2. The van der Waals surface area contributed by atoms with Gasteiger partial charge in [-0.1, -0.05) is 36.9 Å². The molecule has 0 bridgehead atoms. The van der Waals surface area contributed by atoms with E-state index in [-0.39, 0.29) is 25.0 Å². The highest BCUT2D eigenvalue weighted by Gasteiger charge is 2.39. The van der Waals surface area contributed by atoms with E-state index in [1.165, 1.54) is 0 Å². The van der Waals surface area contributed by atoms with Crippen LogP contribution in [0.25, 0.3) is 0 Å². The van der Waals surface area contributed by atoms with Crippen molar-refractivity contribution in [2.24, 2.45) is 0 Å². The van der Waals surface area contributed by atoms with Crippen LogP contribution in [0.1, 0.15) is 50.9 Å². The number of allylic oxidation sites excluding steroid dienone is 1. The van der Waals surface area contributed by atoms with Crippen LogP contribution in [0.15, 0.2) is 54.7 Å². The van der Waals surface area contributed by atoms with Gasteiger partial charge in [-0.2, -0.15) is 0 Å². The Hall–Kier alpha value is -3.16. The largest absolute Gasteiger partial charge is 0.489 e. The van der Waals surface area contributed by atoms with Crippen LogP contribution in [-0.2, 0) is 29.2 Å². The molecule has 7 heteroatoms. The smallest absolute Gasteiger partial charge is 0.255 e. The highest BCUT2D eigenvalue weighted by Crippen LogP contribution is 2.34. The molecule has 2 fully saturated rings. The highest BCUT2D eigenvalue weighted by atomic mass is 16.5. The van der Waals surface area contributed by atoms with Crippen LogP contribution in [0.3, 0.4) is 0 Å². The second kappa shape index (κ2) is 9.37. The molecule has 33 heavy (non-hydrogen) atoms. The third kappa shape index (κ3) is 4.65. The van der Waals surface area contributed by atoms with Gasteiger partial charge in [-0.3, -0.25) is 14.5 Å². The third-order valence-electron chi connectivity index (χ3n) is 5.87. The van der Waals surface area contributed by atoms with Crippen molar-refractivity contribution in [2.75, 3.05) is 26.1 Å². The van der Waals surface area contributed by atoms with Gasteiger partial charge in [0, 0.05) is 41.8 Å². The number of hydrogen-bond donors (Lipinski definition) is 1. The molecular weight excluding hydrogens is 418 g/mol. The molecular formula is C26H29N3O4. The van der Waals surface area contributed by atoms with E-state index in [2.05, 4.69) is 16.6 Å². The van der Waals surface area contributed by atoms with E-state index in [1.54, 1.807) is 47.4 Å². The van der Waals surface area contributed by atoms with Crippen LogP contribution in [-0.4, -0.2) is 53.8 Å². The number of fused-ring (bicyclic) bond motifs is 1. The first kappa shape index (κ1) is 14.2. The molecule has 5 rings (SSSR count). The van der Waals surface area contributed by atoms with E-state index in [9.17, 15) is 9.59 Å². The van der Waals surface area contributed by atoms with Gasteiger partial charge < -0.3 is 19.7 Å². The van der Waals surface area contributed by atoms with Crippen molar-refractivity contribution in [2.45, 2.75) is 38.6 Å². The van der Waals surface area contributed by atoms with Crippen LogP contribution < -0.4 is 10.1 Å². The Morgan fingerprint density at radius 1 is 1.12 bits per heavy atom. The Labute approximate surface area is 205 Å². The molecule has 172 valence electrons. The molecule has 2 amide bonds. The van der Waals surface area contributed by atoms with Crippen LogP contribution in [0.2, 0.25) is 0 Å². The number of rotatable bonds is 6. The van der Waals surface area contributed by atoms with Gasteiger partial charge in [0.25, 0.3) is 5.91 Å². The maximum Gasteiger partial charge on any atom is 0.255 e. The molecule has 2 saturated heterocycles. The molecule has 1 unspecified atom stereocenters. The van der Waals surface area contributed by atoms with Crippen molar-refractivity contribution >= 4 is 11.8 Å². The summed E-state index contributed by atoms with van der Waals surface area (Å²) in [4.78, 5) is 27.6. The summed E-state index contributed by atoms with van der Waals surface area (Å²) in [5.41, 5.74) is 2.94. The number of nitrogens with one attached hydrogen (secondary N) is 1. The van der Waals surface area contributed by atoms with Crippen molar-refractivity contribution in [3.8, 4) is 5.75 Å². The molecule has 7 nitrogen and oxygen atoms in total. The Morgan fingerprint density at radius 2 is 1.88 bits per heavy atom. The molecule has 2 aromatic rings. The third-order valence-corrected chi connectivity index (χ3v) is 5.87. The van der Waals surface area contributed by atoms with E-state index < -0.39 is 38.7 Å². The van der Waals surface area contributed by atoms with E-state index in [4.69, 9.17) is 15.7 Å². The predicted octanol–water partition coefficient (Wildman–Crippen LogP) is 2.85. The Bertz CT molecular complexity index is 1370. The molecule has 0 radical (unpaired) electrons. The molecule has 1 atom stereocenters. The second-order valence-electron chi connectivity index (χ2n) is 8.08. The minimum absolute atomic E-state index is 0.124. The van der Waals surface area contributed by atoms with Gasteiger partial charge in [0.15, 0.2) is 0 Å². The average molecular weight is 456 g/mol. The lowest BCUT2D eigenvalue weighted by atomic mass is 10.0.